The van der Waals surface area contributed by atoms with Crippen LogP contribution in [0.1, 0.15) is 6.92 Å². The van der Waals surface area contributed by atoms with Gasteiger partial charge in [-0.05, 0) is 6.92 Å². The van der Waals surface area contributed by atoms with Gasteiger partial charge in [0.25, 0.3) is 0 Å². The second kappa shape index (κ2) is 6.65. The minimum atomic E-state index is -1.12. The standard InChI is InChI=1S/C9H17N3O4/c1-4-12(6-7(13)11(2)3)9(16)10-5-8(14)15/h4-6H2,1-3H3,(H,10,16)(H,14,15). The van der Waals surface area contributed by atoms with E-state index in [2.05, 4.69) is 5.32 Å². The second-order valence-corrected chi connectivity index (χ2v) is 3.35. The van der Waals surface area contributed by atoms with E-state index in [1.165, 1.54) is 9.80 Å². The molecule has 0 unspecified atom stereocenters. The summed E-state index contributed by atoms with van der Waals surface area (Å²) in [7, 11) is 3.18. The van der Waals surface area contributed by atoms with Gasteiger partial charge in [0.15, 0.2) is 0 Å². The smallest absolute Gasteiger partial charge is 0.323 e. The van der Waals surface area contributed by atoms with E-state index >= 15 is 0 Å². The molecule has 0 saturated carbocycles. The molecule has 0 aromatic heterocycles. The van der Waals surface area contributed by atoms with E-state index in [4.69, 9.17) is 5.11 Å². The lowest BCUT2D eigenvalue weighted by atomic mass is 10.4. The number of carbonyl (C=O) groups excluding carboxylic acids is 2. The zero-order valence-corrected chi connectivity index (χ0v) is 9.69. The molecule has 92 valence electrons. The van der Waals surface area contributed by atoms with Gasteiger partial charge in [0.2, 0.25) is 5.91 Å². The number of carboxylic acid groups (broad SMARTS) is 1. The van der Waals surface area contributed by atoms with E-state index in [1.807, 2.05) is 0 Å². The number of hydrogen-bond acceptors (Lipinski definition) is 3. The van der Waals surface area contributed by atoms with Crippen LogP contribution in [0, 0.1) is 0 Å². The molecule has 0 aromatic carbocycles. The molecule has 7 nitrogen and oxygen atoms in total. The lowest BCUT2D eigenvalue weighted by molar-refractivity contribution is -0.135. The summed E-state index contributed by atoms with van der Waals surface area (Å²) in [5.74, 6) is -1.34. The fraction of sp³-hybridized carbons (Fsp3) is 0.667. The first kappa shape index (κ1) is 14.2. The second-order valence-electron chi connectivity index (χ2n) is 3.35. The first-order valence-electron chi connectivity index (χ1n) is 4.83. The molecular weight excluding hydrogens is 214 g/mol. The zero-order valence-electron chi connectivity index (χ0n) is 9.69. The predicted molar refractivity (Wildman–Crippen MR) is 57.0 cm³/mol. The third kappa shape index (κ3) is 5.18. The Morgan fingerprint density at radius 2 is 1.81 bits per heavy atom. The topological polar surface area (TPSA) is 90.0 Å². The van der Waals surface area contributed by atoms with E-state index in [1.54, 1.807) is 21.0 Å². The molecule has 2 N–H and O–H groups in total. The van der Waals surface area contributed by atoms with Crippen LogP contribution in [0.15, 0.2) is 0 Å². The Morgan fingerprint density at radius 3 is 2.19 bits per heavy atom. The summed E-state index contributed by atoms with van der Waals surface area (Å²) >= 11 is 0. The number of aliphatic carboxylic acids is 1. The van der Waals surface area contributed by atoms with Crippen molar-refractivity contribution in [3.05, 3.63) is 0 Å². The fourth-order valence-corrected chi connectivity index (χ4v) is 0.895. The highest BCUT2D eigenvalue weighted by Crippen LogP contribution is 1.91. The van der Waals surface area contributed by atoms with Gasteiger partial charge >= 0.3 is 12.0 Å². The number of hydrogen-bond donors (Lipinski definition) is 2. The molecule has 0 saturated heterocycles. The minimum absolute atomic E-state index is 0.0606. The van der Waals surface area contributed by atoms with E-state index in [0.29, 0.717) is 6.54 Å². The number of urea groups is 1. The SMILES string of the molecule is CCN(CC(=O)N(C)C)C(=O)NCC(=O)O. The fourth-order valence-electron chi connectivity index (χ4n) is 0.895. The van der Waals surface area contributed by atoms with Crippen molar-refractivity contribution in [2.24, 2.45) is 0 Å². The van der Waals surface area contributed by atoms with Gasteiger partial charge in [-0.2, -0.15) is 0 Å². The van der Waals surface area contributed by atoms with Crippen LogP contribution in [-0.2, 0) is 9.59 Å². The highest BCUT2D eigenvalue weighted by atomic mass is 16.4. The summed E-state index contributed by atoms with van der Waals surface area (Å²) in [5.41, 5.74) is 0. The van der Waals surface area contributed by atoms with Crippen LogP contribution in [0.5, 0.6) is 0 Å². The molecule has 0 aliphatic rings. The maximum absolute atomic E-state index is 11.4. The Labute approximate surface area is 94.0 Å². The quantitative estimate of drug-likeness (QED) is 0.647. The summed E-state index contributed by atoms with van der Waals surface area (Å²) in [5, 5.41) is 10.6. The molecule has 7 heteroatoms. The predicted octanol–water partition coefficient (Wildman–Crippen LogP) is -0.809. The average molecular weight is 231 g/mol. The highest BCUT2D eigenvalue weighted by molar-refractivity contribution is 5.85. The van der Waals surface area contributed by atoms with Crippen molar-refractivity contribution >= 4 is 17.9 Å². The molecule has 0 bridgehead atoms. The van der Waals surface area contributed by atoms with E-state index in [-0.39, 0.29) is 12.5 Å². The average Bonchev–Trinajstić information content (AvgIpc) is 2.21. The van der Waals surface area contributed by atoms with Gasteiger partial charge in [-0.3, -0.25) is 9.59 Å². The molecule has 0 atom stereocenters. The van der Waals surface area contributed by atoms with Crippen LogP contribution in [0.25, 0.3) is 0 Å². The molecule has 16 heavy (non-hydrogen) atoms. The van der Waals surface area contributed by atoms with Crippen molar-refractivity contribution in [3.63, 3.8) is 0 Å². The maximum Gasteiger partial charge on any atom is 0.323 e. The monoisotopic (exact) mass is 231 g/mol. The number of nitrogens with zero attached hydrogens (tertiary/aromatic N) is 2. The Kier molecular flexibility index (Phi) is 5.91. The van der Waals surface area contributed by atoms with Gasteiger partial charge in [0, 0.05) is 20.6 Å². The lowest BCUT2D eigenvalue weighted by Crippen LogP contribution is -2.46. The number of nitrogens with one attached hydrogen (secondary N) is 1. The molecule has 0 aromatic rings. The maximum atomic E-state index is 11.4. The summed E-state index contributed by atoms with van der Waals surface area (Å²) in [6.45, 7) is 1.54. The Balaban J connectivity index is 4.22. The molecule has 3 amide bonds. The lowest BCUT2D eigenvalue weighted by Gasteiger charge is -2.22. The first-order valence-corrected chi connectivity index (χ1v) is 4.83. The van der Waals surface area contributed by atoms with E-state index < -0.39 is 18.5 Å². The van der Waals surface area contributed by atoms with Crippen molar-refractivity contribution in [1.29, 1.82) is 0 Å². The van der Waals surface area contributed by atoms with Crippen LogP contribution < -0.4 is 5.32 Å². The van der Waals surface area contributed by atoms with Crippen LogP contribution in [0.4, 0.5) is 4.79 Å². The van der Waals surface area contributed by atoms with Gasteiger partial charge in [0.05, 0.1) is 0 Å². The van der Waals surface area contributed by atoms with Crippen LogP contribution in [0.3, 0.4) is 0 Å². The number of carboxylic acids is 1. The van der Waals surface area contributed by atoms with Crippen LogP contribution in [-0.4, -0.2) is 66.5 Å². The van der Waals surface area contributed by atoms with E-state index in [9.17, 15) is 14.4 Å². The number of likely N-dealkylation sites (N-methyl/N-ethyl adjacent to an activating group) is 2. The van der Waals surface area contributed by atoms with Crippen molar-refractivity contribution in [3.8, 4) is 0 Å². The van der Waals surface area contributed by atoms with Crippen molar-refractivity contribution in [1.82, 2.24) is 15.1 Å². The largest absolute Gasteiger partial charge is 0.480 e. The van der Waals surface area contributed by atoms with Gasteiger partial charge in [-0.15, -0.1) is 0 Å². The number of rotatable bonds is 5. The van der Waals surface area contributed by atoms with Crippen molar-refractivity contribution in [2.45, 2.75) is 6.92 Å². The van der Waals surface area contributed by atoms with Gasteiger partial charge in [-0.25, -0.2) is 4.79 Å². The van der Waals surface area contributed by atoms with Crippen molar-refractivity contribution < 1.29 is 19.5 Å². The Bertz CT molecular complexity index is 278. The molecule has 0 rings (SSSR count). The minimum Gasteiger partial charge on any atom is -0.480 e. The third-order valence-electron chi connectivity index (χ3n) is 1.88. The summed E-state index contributed by atoms with van der Waals surface area (Å²) in [6, 6.07) is -0.555. The first-order chi connectivity index (χ1) is 7.38. The summed E-state index contributed by atoms with van der Waals surface area (Å²) in [4.78, 5) is 35.6. The Morgan fingerprint density at radius 1 is 1.25 bits per heavy atom. The molecule has 0 fully saturated rings. The van der Waals surface area contributed by atoms with E-state index in [0.717, 1.165) is 0 Å². The van der Waals surface area contributed by atoms with Gasteiger partial charge in [0.1, 0.15) is 13.1 Å². The summed E-state index contributed by atoms with van der Waals surface area (Å²) in [6.07, 6.45) is 0. The van der Waals surface area contributed by atoms with Crippen LogP contribution in [0.2, 0.25) is 0 Å². The molecule has 0 aliphatic carbocycles. The molecule has 0 heterocycles. The molecule has 0 aliphatic heterocycles. The Hall–Kier alpha value is -1.79. The highest BCUT2D eigenvalue weighted by Gasteiger charge is 2.16. The van der Waals surface area contributed by atoms with Crippen LogP contribution >= 0.6 is 0 Å². The zero-order chi connectivity index (χ0) is 12.7. The van der Waals surface area contributed by atoms with Crippen molar-refractivity contribution in [2.75, 3.05) is 33.7 Å². The normalized spacial score (nSPS) is 9.44. The molecule has 0 radical (unpaired) electrons. The third-order valence-corrected chi connectivity index (χ3v) is 1.88. The molecule has 0 spiro atoms. The summed E-state index contributed by atoms with van der Waals surface area (Å²) < 4.78 is 0. The van der Waals surface area contributed by atoms with Gasteiger partial charge in [-0.1, -0.05) is 0 Å². The molecular formula is C9H17N3O4. The van der Waals surface area contributed by atoms with Gasteiger partial charge < -0.3 is 20.2 Å². The number of amides is 3. The number of carbonyl (C=O) groups is 3.